The predicted molar refractivity (Wildman–Crippen MR) is 20.7 cm³/mol. The zero-order valence-corrected chi connectivity index (χ0v) is 3.84. The van der Waals surface area contributed by atoms with E-state index in [-0.39, 0.29) is 0 Å². The molecule has 38 valence electrons. The topological polar surface area (TPSA) is 80.9 Å². The molecule has 0 amide bonds. The van der Waals surface area contributed by atoms with Gasteiger partial charge in [-0.15, -0.1) is 0 Å². The Labute approximate surface area is 35.3 Å². The molecule has 5 heteroatoms. The van der Waals surface area contributed by atoms with Crippen molar-refractivity contribution in [1.82, 2.24) is 0 Å². The molecule has 0 aliphatic heterocycles. The second kappa shape index (κ2) is 1.82. The molecule has 0 aromatic heterocycles. The van der Waals surface area contributed by atoms with E-state index in [4.69, 9.17) is 19.8 Å². The molecule has 0 saturated carbocycles. The van der Waals surface area contributed by atoms with Gasteiger partial charge in [0, 0.05) is 0 Å². The molecular weight excluding hydrogens is 107 g/mol. The summed E-state index contributed by atoms with van der Waals surface area (Å²) in [7, 11) is -3.84. The standard InChI is InChI=1S/CH6O4P/c2-1-6(3,4)5/h2-5H,1H2/q+1. The summed E-state index contributed by atoms with van der Waals surface area (Å²) in [4.78, 5) is 23.4. The average Bonchev–Trinajstić information content (AvgIpc) is 1.35. The lowest BCUT2D eigenvalue weighted by atomic mass is 11.7. The second-order valence-corrected chi connectivity index (χ2v) is 2.50. The maximum atomic E-state index is 7.80. The van der Waals surface area contributed by atoms with E-state index in [9.17, 15) is 0 Å². The van der Waals surface area contributed by atoms with Crippen molar-refractivity contribution in [2.75, 3.05) is 6.35 Å². The van der Waals surface area contributed by atoms with Gasteiger partial charge in [0.1, 0.15) is 0 Å². The van der Waals surface area contributed by atoms with Gasteiger partial charge in [0.15, 0.2) is 0 Å². The maximum absolute atomic E-state index is 7.80. The van der Waals surface area contributed by atoms with Gasteiger partial charge in [-0.05, 0) is 0 Å². The van der Waals surface area contributed by atoms with Crippen molar-refractivity contribution in [3.63, 3.8) is 0 Å². The highest BCUT2D eigenvalue weighted by Gasteiger charge is 2.26. The van der Waals surface area contributed by atoms with E-state index in [1.54, 1.807) is 0 Å². The first-order chi connectivity index (χ1) is 2.56. The van der Waals surface area contributed by atoms with Crippen LogP contribution in [0.3, 0.4) is 0 Å². The van der Waals surface area contributed by atoms with E-state index in [1.807, 2.05) is 0 Å². The van der Waals surface area contributed by atoms with Gasteiger partial charge in [-0.2, -0.15) is 14.7 Å². The van der Waals surface area contributed by atoms with Gasteiger partial charge in [0.05, 0.1) is 0 Å². The first-order valence-corrected chi connectivity index (χ1v) is 3.06. The molecule has 0 aromatic carbocycles. The Bertz CT molecular complexity index is 37.3. The Morgan fingerprint density at radius 1 is 1.17 bits per heavy atom. The lowest BCUT2D eigenvalue weighted by Gasteiger charge is -1.94. The molecule has 0 unspecified atom stereocenters. The third kappa shape index (κ3) is 4.27. The molecule has 0 radical (unpaired) electrons. The van der Waals surface area contributed by atoms with Crippen molar-refractivity contribution in [2.24, 2.45) is 0 Å². The van der Waals surface area contributed by atoms with E-state index >= 15 is 0 Å². The first-order valence-electron chi connectivity index (χ1n) is 1.23. The van der Waals surface area contributed by atoms with Crippen LogP contribution < -0.4 is 0 Å². The molecule has 0 spiro atoms. The zero-order chi connectivity index (χ0) is 5.21. The van der Waals surface area contributed by atoms with Crippen LogP contribution in [0.25, 0.3) is 0 Å². The number of hydrogen-bond acceptors (Lipinski definition) is 4. The summed E-state index contributed by atoms with van der Waals surface area (Å²) in [5.41, 5.74) is 0. The molecule has 0 saturated heterocycles. The van der Waals surface area contributed by atoms with Crippen LogP contribution in [0.15, 0.2) is 0 Å². The molecule has 0 atom stereocenters. The summed E-state index contributed by atoms with van der Waals surface area (Å²) < 4.78 is 0. The van der Waals surface area contributed by atoms with Gasteiger partial charge in [-0.3, -0.25) is 0 Å². The summed E-state index contributed by atoms with van der Waals surface area (Å²) >= 11 is 0. The minimum atomic E-state index is -3.84. The highest BCUT2D eigenvalue weighted by Crippen LogP contribution is 2.42. The SMILES string of the molecule is OC[P+](O)(O)O. The monoisotopic (exact) mass is 113 g/mol. The fourth-order valence-electron chi connectivity index (χ4n) is 0. The highest BCUT2D eigenvalue weighted by atomic mass is 31.2. The van der Waals surface area contributed by atoms with Crippen LogP contribution in [-0.4, -0.2) is 26.1 Å². The molecule has 0 aromatic rings. The predicted octanol–water partition coefficient (Wildman–Crippen LogP) is -1.32. The van der Waals surface area contributed by atoms with Crippen LogP contribution >= 0.6 is 7.94 Å². The second-order valence-electron chi connectivity index (χ2n) is 0.834. The molecule has 0 aliphatic rings. The van der Waals surface area contributed by atoms with Gasteiger partial charge in [-0.25, -0.2) is 0 Å². The van der Waals surface area contributed by atoms with Gasteiger partial charge in [-0.1, -0.05) is 0 Å². The zero-order valence-electron chi connectivity index (χ0n) is 2.94. The van der Waals surface area contributed by atoms with E-state index in [0.29, 0.717) is 0 Å². The number of aliphatic hydroxyl groups is 1. The molecule has 0 rings (SSSR count). The summed E-state index contributed by atoms with van der Waals surface area (Å²) in [5, 5.41) is 7.70. The van der Waals surface area contributed by atoms with Crippen LogP contribution in [-0.2, 0) is 0 Å². The van der Waals surface area contributed by atoms with Crippen LogP contribution in [0.5, 0.6) is 0 Å². The van der Waals surface area contributed by atoms with E-state index in [2.05, 4.69) is 0 Å². The van der Waals surface area contributed by atoms with Crippen LogP contribution in [0.2, 0.25) is 0 Å². The van der Waals surface area contributed by atoms with E-state index < -0.39 is 14.3 Å². The summed E-state index contributed by atoms with van der Waals surface area (Å²) in [5.74, 6) is 0. The Balaban J connectivity index is 3.17. The Hall–Kier alpha value is 0.270. The van der Waals surface area contributed by atoms with Crippen LogP contribution in [0, 0.1) is 0 Å². The van der Waals surface area contributed by atoms with E-state index in [0.717, 1.165) is 0 Å². The van der Waals surface area contributed by atoms with Crippen molar-refractivity contribution in [2.45, 2.75) is 0 Å². The lowest BCUT2D eigenvalue weighted by molar-refractivity contribution is 0.258. The van der Waals surface area contributed by atoms with Crippen LogP contribution in [0.4, 0.5) is 0 Å². The summed E-state index contributed by atoms with van der Waals surface area (Å²) in [6.45, 7) is 0. The van der Waals surface area contributed by atoms with Crippen molar-refractivity contribution in [3.8, 4) is 0 Å². The van der Waals surface area contributed by atoms with E-state index in [1.165, 1.54) is 0 Å². The molecule has 4 nitrogen and oxygen atoms in total. The number of rotatable bonds is 1. The third-order valence-corrected chi connectivity index (χ3v) is 0.569. The maximum Gasteiger partial charge on any atom is 0.431 e. The Morgan fingerprint density at radius 3 is 1.33 bits per heavy atom. The Kier molecular flexibility index (Phi) is 1.90. The van der Waals surface area contributed by atoms with Gasteiger partial charge < -0.3 is 5.11 Å². The fourth-order valence-corrected chi connectivity index (χ4v) is 0. The minimum absolute atomic E-state index is 0.951. The smallest absolute Gasteiger partial charge is 0.355 e. The van der Waals surface area contributed by atoms with Crippen molar-refractivity contribution in [1.29, 1.82) is 0 Å². The normalized spacial score (nSPS) is 12.0. The van der Waals surface area contributed by atoms with Gasteiger partial charge in [0.25, 0.3) is 0 Å². The fraction of sp³-hybridized carbons (Fsp3) is 1.00. The molecule has 0 aliphatic carbocycles. The average molecular weight is 113 g/mol. The van der Waals surface area contributed by atoms with Crippen molar-refractivity contribution in [3.05, 3.63) is 0 Å². The lowest BCUT2D eigenvalue weighted by Crippen LogP contribution is -1.91. The highest BCUT2D eigenvalue weighted by molar-refractivity contribution is 7.58. The first kappa shape index (κ1) is 6.27. The quantitative estimate of drug-likeness (QED) is 0.318. The molecule has 0 bridgehead atoms. The molecule has 0 fully saturated rings. The van der Waals surface area contributed by atoms with Crippen molar-refractivity contribution >= 4 is 7.94 Å². The molecule has 6 heavy (non-hydrogen) atoms. The molecular formula is CH6O4P+. The van der Waals surface area contributed by atoms with Gasteiger partial charge in [0.2, 0.25) is 6.35 Å². The number of hydrogen-bond donors (Lipinski definition) is 4. The third-order valence-electron chi connectivity index (χ3n) is 0.190. The Morgan fingerprint density at radius 2 is 1.33 bits per heavy atom. The largest absolute Gasteiger partial charge is 0.431 e. The van der Waals surface area contributed by atoms with Crippen molar-refractivity contribution < 1.29 is 19.8 Å². The minimum Gasteiger partial charge on any atom is -0.355 e. The summed E-state index contributed by atoms with van der Waals surface area (Å²) in [6.07, 6.45) is -0.951. The number of aliphatic hydroxyl groups excluding tert-OH is 1. The molecule has 4 N–H and O–H groups in total. The van der Waals surface area contributed by atoms with Gasteiger partial charge >= 0.3 is 7.94 Å². The molecule has 0 heterocycles. The summed E-state index contributed by atoms with van der Waals surface area (Å²) in [6, 6.07) is 0. The van der Waals surface area contributed by atoms with Crippen LogP contribution in [0.1, 0.15) is 0 Å².